The van der Waals surface area contributed by atoms with E-state index in [0.717, 1.165) is 19.1 Å². The molecule has 1 aliphatic heterocycles. The Morgan fingerprint density at radius 3 is 2.69 bits per heavy atom. The number of anilines is 1. The summed E-state index contributed by atoms with van der Waals surface area (Å²) in [5, 5.41) is 5.53. The molecule has 4 N–H and O–H groups in total. The molecular formula is C18H30ClN6O3Si. The number of carbonyl (C=O) groups excluding carboxylic acids is 2. The van der Waals surface area contributed by atoms with Crippen LogP contribution in [0, 0.1) is 0 Å². The van der Waals surface area contributed by atoms with Gasteiger partial charge in [-0.3, -0.25) is 9.59 Å². The molecule has 11 heteroatoms. The molecule has 1 aromatic rings. The van der Waals surface area contributed by atoms with E-state index in [1.54, 1.807) is 0 Å². The summed E-state index contributed by atoms with van der Waals surface area (Å²) in [5.74, 6) is -0.637. The molecule has 2 heterocycles. The minimum atomic E-state index is -0.492. The summed E-state index contributed by atoms with van der Waals surface area (Å²) in [6.45, 7) is 4.36. The van der Waals surface area contributed by atoms with Gasteiger partial charge in [-0.2, -0.15) is 15.0 Å². The van der Waals surface area contributed by atoms with Gasteiger partial charge in [-0.15, -0.1) is 0 Å². The summed E-state index contributed by atoms with van der Waals surface area (Å²) in [4.78, 5) is 34.9. The summed E-state index contributed by atoms with van der Waals surface area (Å²) in [7, 11) is -0.492. The lowest BCUT2D eigenvalue weighted by molar-refractivity contribution is -0.121. The average molecular weight is 442 g/mol. The van der Waals surface area contributed by atoms with E-state index < -0.39 is 14.7 Å². The van der Waals surface area contributed by atoms with E-state index in [0.29, 0.717) is 38.1 Å². The highest BCUT2D eigenvalue weighted by Crippen LogP contribution is 2.17. The van der Waals surface area contributed by atoms with E-state index in [-0.39, 0.29) is 23.0 Å². The van der Waals surface area contributed by atoms with E-state index >= 15 is 0 Å². The number of hydrogen-bond acceptors (Lipinski definition) is 7. The van der Waals surface area contributed by atoms with E-state index in [9.17, 15) is 9.59 Å². The van der Waals surface area contributed by atoms with Crippen molar-refractivity contribution in [2.45, 2.75) is 63.3 Å². The van der Waals surface area contributed by atoms with Crippen molar-refractivity contribution in [1.82, 2.24) is 25.6 Å². The fourth-order valence-corrected chi connectivity index (χ4v) is 5.45. The highest BCUT2D eigenvalue weighted by molar-refractivity contribution is 6.58. The first-order valence-corrected chi connectivity index (χ1v) is 12.8. The summed E-state index contributed by atoms with van der Waals surface area (Å²) in [5.41, 5.74) is 5.91. The molecule has 1 aromatic heterocycles. The minimum absolute atomic E-state index is 0.0483. The van der Waals surface area contributed by atoms with Crippen LogP contribution in [0.1, 0.15) is 55.6 Å². The molecule has 1 radical (unpaired) electrons. The quantitative estimate of drug-likeness (QED) is 0.352. The molecule has 0 aliphatic carbocycles. The second-order valence-electron chi connectivity index (χ2n) is 7.15. The van der Waals surface area contributed by atoms with Gasteiger partial charge in [0.1, 0.15) is 0 Å². The predicted molar refractivity (Wildman–Crippen MR) is 113 cm³/mol. The first-order valence-electron chi connectivity index (χ1n) is 10.1. The number of hydrogen-bond donors (Lipinski definition) is 3. The standard InChI is InChI=1S/C18H30ClN6O3Si/c1-29(14-8-3-5-11-28-14)12-6-10-21-13(26)7-2-4-9-22-16(27)15-23-17(19)25-18(20)24-15/h14H,2-12H2,1H3,(H,21,26)(H,22,27)(H2,20,23,24,25). The van der Waals surface area contributed by atoms with Gasteiger partial charge in [0.2, 0.25) is 23.0 Å². The van der Waals surface area contributed by atoms with Gasteiger partial charge < -0.3 is 21.1 Å². The Hall–Kier alpha value is -1.78. The third kappa shape index (κ3) is 9.05. The summed E-state index contributed by atoms with van der Waals surface area (Å²) in [6.07, 6.45) is 6.47. The Balaban J connectivity index is 1.49. The number of carbonyl (C=O) groups is 2. The van der Waals surface area contributed by atoms with Crippen LogP contribution in [0.4, 0.5) is 5.95 Å². The van der Waals surface area contributed by atoms with Crippen LogP contribution in [-0.2, 0) is 9.53 Å². The maximum absolute atomic E-state index is 11.9. The van der Waals surface area contributed by atoms with E-state index in [1.165, 1.54) is 19.3 Å². The predicted octanol–water partition coefficient (Wildman–Crippen LogP) is 1.75. The van der Waals surface area contributed by atoms with Crippen LogP contribution >= 0.6 is 11.6 Å². The molecule has 0 saturated carbocycles. The third-order valence-electron chi connectivity index (χ3n) is 4.74. The number of ether oxygens (including phenoxy) is 1. The van der Waals surface area contributed by atoms with E-state index in [2.05, 4.69) is 32.1 Å². The lowest BCUT2D eigenvalue weighted by Gasteiger charge is -2.27. The van der Waals surface area contributed by atoms with Crippen LogP contribution in [0.15, 0.2) is 0 Å². The normalized spacial score (nSPS) is 16.6. The smallest absolute Gasteiger partial charge is 0.289 e. The van der Waals surface area contributed by atoms with Crippen LogP contribution in [-0.4, -0.2) is 61.0 Å². The van der Waals surface area contributed by atoms with Crippen LogP contribution in [0.5, 0.6) is 0 Å². The number of nitrogens with zero attached hydrogens (tertiary/aromatic N) is 3. The maximum atomic E-state index is 11.9. The van der Waals surface area contributed by atoms with Gasteiger partial charge in [0.15, 0.2) is 0 Å². The van der Waals surface area contributed by atoms with Crippen molar-refractivity contribution < 1.29 is 14.3 Å². The van der Waals surface area contributed by atoms with Gasteiger partial charge in [0.05, 0.1) is 8.80 Å². The number of unbranched alkanes of at least 4 members (excludes halogenated alkanes) is 1. The van der Waals surface area contributed by atoms with Crippen molar-refractivity contribution in [3.63, 3.8) is 0 Å². The molecule has 1 aliphatic rings. The molecule has 9 nitrogen and oxygen atoms in total. The Morgan fingerprint density at radius 2 is 1.97 bits per heavy atom. The number of nitrogens with one attached hydrogen (secondary N) is 2. The Labute approximate surface area is 178 Å². The molecule has 161 valence electrons. The van der Waals surface area contributed by atoms with Gasteiger partial charge >= 0.3 is 0 Å². The topological polar surface area (TPSA) is 132 Å². The second-order valence-corrected chi connectivity index (χ2v) is 10.3. The van der Waals surface area contributed by atoms with Gasteiger partial charge in [-0.1, -0.05) is 12.6 Å². The first kappa shape index (κ1) is 23.5. The van der Waals surface area contributed by atoms with Crippen molar-refractivity contribution in [3.8, 4) is 0 Å². The highest BCUT2D eigenvalue weighted by Gasteiger charge is 2.21. The number of nitrogen functional groups attached to an aromatic ring is 1. The highest BCUT2D eigenvalue weighted by atomic mass is 35.5. The number of nitrogens with two attached hydrogens (primary N) is 1. The van der Waals surface area contributed by atoms with Gasteiger partial charge in [-0.05, 0) is 50.1 Å². The molecule has 0 bridgehead atoms. The number of amides is 2. The van der Waals surface area contributed by atoms with Crippen LogP contribution in [0.25, 0.3) is 0 Å². The Bertz CT molecular complexity index is 655. The molecule has 1 atom stereocenters. The molecule has 0 aromatic carbocycles. The van der Waals surface area contributed by atoms with E-state index in [1.807, 2.05) is 0 Å². The zero-order valence-electron chi connectivity index (χ0n) is 16.9. The lowest BCUT2D eigenvalue weighted by Crippen LogP contribution is -2.34. The van der Waals surface area contributed by atoms with Crippen molar-refractivity contribution in [2.24, 2.45) is 0 Å². The molecule has 29 heavy (non-hydrogen) atoms. The zero-order chi connectivity index (χ0) is 21.1. The zero-order valence-corrected chi connectivity index (χ0v) is 18.6. The SMILES string of the molecule is C[Si](CCCNC(=O)CCCCNC(=O)c1nc(N)nc(Cl)n1)C1CCCCO1. The maximum Gasteiger partial charge on any atom is 0.289 e. The second kappa shape index (κ2) is 12.7. The molecule has 0 spiro atoms. The average Bonchev–Trinajstić information content (AvgIpc) is 2.70. The lowest BCUT2D eigenvalue weighted by atomic mass is 10.2. The van der Waals surface area contributed by atoms with Crippen molar-refractivity contribution in [2.75, 3.05) is 25.4 Å². The van der Waals surface area contributed by atoms with E-state index in [4.69, 9.17) is 22.1 Å². The van der Waals surface area contributed by atoms with Gasteiger partial charge in [0.25, 0.3) is 5.91 Å². The third-order valence-corrected chi connectivity index (χ3v) is 7.61. The van der Waals surface area contributed by atoms with Crippen molar-refractivity contribution >= 4 is 38.2 Å². The summed E-state index contributed by atoms with van der Waals surface area (Å²) < 4.78 is 5.85. The fourth-order valence-electron chi connectivity index (χ4n) is 3.13. The molecule has 2 amide bonds. The van der Waals surface area contributed by atoms with Gasteiger partial charge in [0, 0.05) is 31.8 Å². The Morgan fingerprint density at radius 1 is 1.17 bits per heavy atom. The van der Waals surface area contributed by atoms with Crippen LogP contribution in [0.3, 0.4) is 0 Å². The van der Waals surface area contributed by atoms with Crippen LogP contribution in [0.2, 0.25) is 17.9 Å². The largest absolute Gasteiger partial charge is 0.382 e. The molecule has 1 saturated heterocycles. The number of aromatic nitrogens is 3. The molecule has 2 rings (SSSR count). The molecule has 1 unspecified atom stereocenters. The molecular weight excluding hydrogens is 412 g/mol. The summed E-state index contributed by atoms with van der Waals surface area (Å²) >= 11 is 5.65. The van der Waals surface area contributed by atoms with Crippen molar-refractivity contribution in [3.05, 3.63) is 11.1 Å². The van der Waals surface area contributed by atoms with Crippen LogP contribution < -0.4 is 16.4 Å². The monoisotopic (exact) mass is 441 g/mol. The van der Waals surface area contributed by atoms with Crippen molar-refractivity contribution in [1.29, 1.82) is 0 Å². The minimum Gasteiger partial charge on any atom is -0.382 e. The first-order chi connectivity index (χ1) is 14.0. The number of halogens is 1. The number of rotatable bonds is 11. The Kier molecular flexibility index (Phi) is 10.3. The fraction of sp³-hybridized carbons (Fsp3) is 0.722. The van der Waals surface area contributed by atoms with Gasteiger partial charge in [-0.25, -0.2) is 0 Å². The molecule has 1 fully saturated rings. The summed E-state index contributed by atoms with van der Waals surface area (Å²) in [6, 6.07) is 1.16.